The van der Waals surface area contributed by atoms with E-state index in [0.29, 0.717) is 0 Å². The second-order valence-corrected chi connectivity index (χ2v) is 2.52. The fourth-order valence-electron chi connectivity index (χ4n) is 0.915. The lowest BCUT2D eigenvalue weighted by Crippen LogP contribution is -2.11. The summed E-state index contributed by atoms with van der Waals surface area (Å²) in [7, 11) is 0. The minimum absolute atomic E-state index is 0.221. The van der Waals surface area contributed by atoms with Crippen molar-refractivity contribution in [3.05, 3.63) is 34.6 Å². The third-order valence-electron chi connectivity index (χ3n) is 1.61. The number of aromatic carboxylic acids is 2. The number of carboxylic acid groups (broad SMARTS) is 2. The number of halogens is 3. The van der Waals surface area contributed by atoms with E-state index in [1.807, 2.05) is 0 Å². The Morgan fingerprint density at radius 1 is 0.867 bits per heavy atom. The van der Waals surface area contributed by atoms with E-state index in [2.05, 4.69) is 0 Å². The van der Waals surface area contributed by atoms with Crippen molar-refractivity contribution in [2.75, 3.05) is 0 Å². The molecule has 0 saturated heterocycles. The topological polar surface area (TPSA) is 74.6 Å². The number of hydrogen-bond acceptors (Lipinski definition) is 2. The molecule has 0 saturated carbocycles. The highest BCUT2D eigenvalue weighted by atomic mass is 19.2. The third-order valence-corrected chi connectivity index (χ3v) is 1.61. The second-order valence-electron chi connectivity index (χ2n) is 2.52. The van der Waals surface area contributed by atoms with Crippen LogP contribution in [0.25, 0.3) is 0 Å². The molecule has 4 nitrogen and oxygen atoms in total. The molecule has 15 heavy (non-hydrogen) atoms. The van der Waals surface area contributed by atoms with Gasteiger partial charge in [-0.3, -0.25) is 0 Å². The van der Waals surface area contributed by atoms with Gasteiger partial charge in [-0.1, -0.05) is 0 Å². The Bertz CT molecular complexity index is 417. The highest BCUT2D eigenvalue weighted by molar-refractivity contribution is 5.94. The fraction of sp³-hybridized carbons (Fsp3) is 0. The Kier molecular flexibility index (Phi) is 2.65. The van der Waals surface area contributed by atoms with Crippen LogP contribution >= 0.6 is 0 Å². The van der Waals surface area contributed by atoms with E-state index >= 15 is 0 Å². The maximum atomic E-state index is 12.8. The Balaban J connectivity index is 3.59. The van der Waals surface area contributed by atoms with Gasteiger partial charge in [0.2, 0.25) is 0 Å². The first-order valence-electron chi connectivity index (χ1n) is 3.50. The van der Waals surface area contributed by atoms with Crippen molar-refractivity contribution in [2.45, 2.75) is 0 Å². The normalized spacial score (nSPS) is 10.1. The van der Waals surface area contributed by atoms with E-state index in [9.17, 15) is 22.8 Å². The Morgan fingerprint density at radius 3 is 1.47 bits per heavy atom. The molecule has 1 rings (SSSR count). The standard InChI is InChI=1S/C8H3F3O4/c9-4-2(7(12)13)1-3(8(14)15)5(10)6(4)11/h1H,(H,12,13)(H,14,15). The first-order chi connectivity index (χ1) is 6.86. The van der Waals surface area contributed by atoms with Gasteiger partial charge in [-0.15, -0.1) is 0 Å². The molecule has 0 radical (unpaired) electrons. The molecule has 0 aromatic heterocycles. The molecule has 0 spiro atoms. The van der Waals surface area contributed by atoms with E-state index in [1.165, 1.54) is 0 Å². The van der Waals surface area contributed by atoms with Crippen LogP contribution in [0.4, 0.5) is 13.2 Å². The van der Waals surface area contributed by atoms with Crippen LogP contribution in [0.1, 0.15) is 20.7 Å². The zero-order valence-electron chi connectivity index (χ0n) is 6.92. The number of carbonyl (C=O) groups is 2. The van der Waals surface area contributed by atoms with Crippen molar-refractivity contribution >= 4 is 11.9 Å². The van der Waals surface area contributed by atoms with Crippen LogP contribution in [0.3, 0.4) is 0 Å². The SMILES string of the molecule is O=C(O)c1cc(C(=O)O)c(F)c(F)c1F. The Hall–Kier alpha value is -2.05. The quantitative estimate of drug-likeness (QED) is 0.740. The van der Waals surface area contributed by atoms with Gasteiger partial charge in [-0.25, -0.2) is 22.8 Å². The summed E-state index contributed by atoms with van der Waals surface area (Å²) in [6.45, 7) is 0. The maximum absolute atomic E-state index is 12.8. The number of carboxylic acids is 2. The minimum Gasteiger partial charge on any atom is -0.478 e. The van der Waals surface area contributed by atoms with E-state index in [4.69, 9.17) is 10.2 Å². The lowest BCUT2D eigenvalue weighted by molar-refractivity contribution is 0.0688. The monoisotopic (exact) mass is 220 g/mol. The largest absolute Gasteiger partial charge is 0.478 e. The van der Waals surface area contributed by atoms with Crippen LogP contribution < -0.4 is 0 Å². The van der Waals surface area contributed by atoms with Gasteiger partial charge in [0.25, 0.3) is 0 Å². The van der Waals surface area contributed by atoms with Crippen molar-refractivity contribution in [3.63, 3.8) is 0 Å². The molecular weight excluding hydrogens is 217 g/mol. The fourth-order valence-corrected chi connectivity index (χ4v) is 0.915. The van der Waals surface area contributed by atoms with Crippen LogP contribution in [0.15, 0.2) is 6.07 Å². The van der Waals surface area contributed by atoms with Crippen LogP contribution in [-0.4, -0.2) is 22.2 Å². The van der Waals surface area contributed by atoms with Crippen molar-refractivity contribution in [1.29, 1.82) is 0 Å². The molecule has 7 heteroatoms. The van der Waals surface area contributed by atoms with Crippen LogP contribution in [0.5, 0.6) is 0 Å². The summed E-state index contributed by atoms with van der Waals surface area (Å²) in [6, 6.07) is 0.221. The highest BCUT2D eigenvalue weighted by Gasteiger charge is 2.25. The van der Waals surface area contributed by atoms with Gasteiger partial charge in [0.05, 0.1) is 11.1 Å². The van der Waals surface area contributed by atoms with Crippen molar-refractivity contribution in [1.82, 2.24) is 0 Å². The lowest BCUT2D eigenvalue weighted by Gasteiger charge is -2.03. The van der Waals surface area contributed by atoms with E-state index < -0.39 is 40.5 Å². The highest BCUT2D eigenvalue weighted by Crippen LogP contribution is 2.19. The van der Waals surface area contributed by atoms with E-state index in [-0.39, 0.29) is 6.07 Å². The summed E-state index contributed by atoms with van der Waals surface area (Å²) >= 11 is 0. The molecule has 0 aliphatic heterocycles. The number of hydrogen-bond donors (Lipinski definition) is 2. The average molecular weight is 220 g/mol. The molecule has 0 aliphatic carbocycles. The maximum Gasteiger partial charge on any atom is 0.338 e. The first kappa shape index (κ1) is 11.0. The average Bonchev–Trinajstić information content (AvgIpc) is 2.13. The molecule has 80 valence electrons. The van der Waals surface area contributed by atoms with Gasteiger partial charge in [0, 0.05) is 0 Å². The summed E-state index contributed by atoms with van der Waals surface area (Å²) in [4.78, 5) is 20.7. The molecule has 0 atom stereocenters. The Labute approximate surface area is 80.6 Å². The molecular formula is C8H3F3O4. The minimum atomic E-state index is -2.12. The summed E-state index contributed by atoms with van der Waals surface area (Å²) in [5.41, 5.74) is -2.46. The summed E-state index contributed by atoms with van der Waals surface area (Å²) in [5, 5.41) is 16.7. The van der Waals surface area contributed by atoms with Gasteiger partial charge in [0.15, 0.2) is 17.5 Å². The lowest BCUT2D eigenvalue weighted by atomic mass is 10.1. The van der Waals surface area contributed by atoms with Gasteiger partial charge >= 0.3 is 11.9 Å². The number of benzene rings is 1. The van der Waals surface area contributed by atoms with E-state index in [1.54, 1.807) is 0 Å². The molecule has 0 fully saturated rings. The zero-order valence-corrected chi connectivity index (χ0v) is 6.92. The molecule has 0 aliphatic rings. The van der Waals surface area contributed by atoms with Crippen LogP contribution in [0.2, 0.25) is 0 Å². The van der Waals surface area contributed by atoms with Gasteiger partial charge in [0.1, 0.15) is 0 Å². The molecule has 0 amide bonds. The molecule has 2 N–H and O–H groups in total. The predicted octanol–water partition coefficient (Wildman–Crippen LogP) is 1.50. The molecule has 1 aromatic rings. The Morgan fingerprint density at radius 2 is 1.20 bits per heavy atom. The van der Waals surface area contributed by atoms with Crippen molar-refractivity contribution in [3.8, 4) is 0 Å². The summed E-state index contributed by atoms with van der Waals surface area (Å²) in [5.74, 6) is -9.73. The van der Waals surface area contributed by atoms with Gasteiger partial charge in [-0.05, 0) is 6.07 Å². The summed E-state index contributed by atoms with van der Waals surface area (Å²) < 4.78 is 38.2. The summed E-state index contributed by atoms with van der Waals surface area (Å²) in [6.07, 6.45) is 0. The van der Waals surface area contributed by atoms with Gasteiger partial charge < -0.3 is 10.2 Å². The van der Waals surface area contributed by atoms with Crippen molar-refractivity contribution in [2.24, 2.45) is 0 Å². The zero-order chi connectivity index (χ0) is 11.7. The third kappa shape index (κ3) is 1.76. The first-order valence-corrected chi connectivity index (χ1v) is 3.50. The van der Waals surface area contributed by atoms with Gasteiger partial charge in [-0.2, -0.15) is 0 Å². The molecule has 1 aromatic carbocycles. The molecule has 0 bridgehead atoms. The predicted molar refractivity (Wildman–Crippen MR) is 40.2 cm³/mol. The van der Waals surface area contributed by atoms with Crippen molar-refractivity contribution < 1.29 is 33.0 Å². The van der Waals surface area contributed by atoms with Crippen LogP contribution in [-0.2, 0) is 0 Å². The molecule has 0 heterocycles. The van der Waals surface area contributed by atoms with E-state index in [0.717, 1.165) is 0 Å². The second kappa shape index (κ2) is 3.60. The molecule has 0 unspecified atom stereocenters. The smallest absolute Gasteiger partial charge is 0.338 e. The van der Waals surface area contributed by atoms with Crippen LogP contribution in [0, 0.1) is 17.5 Å². The number of rotatable bonds is 2.